The van der Waals surface area contributed by atoms with Crippen molar-refractivity contribution in [1.82, 2.24) is 29.9 Å². The molecule has 4 atom stereocenters. The molecular formula is C21H32N8O. The lowest BCUT2D eigenvalue weighted by Gasteiger charge is -2.37. The van der Waals surface area contributed by atoms with Crippen molar-refractivity contribution in [2.45, 2.75) is 44.4 Å². The van der Waals surface area contributed by atoms with Crippen molar-refractivity contribution >= 4 is 11.8 Å². The molecule has 2 N–H and O–H groups in total. The van der Waals surface area contributed by atoms with Gasteiger partial charge < -0.3 is 20.3 Å². The van der Waals surface area contributed by atoms with Crippen molar-refractivity contribution in [1.29, 1.82) is 0 Å². The number of aromatic nitrogens is 5. The van der Waals surface area contributed by atoms with Gasteiger partial charge in [0.05, 0.1) is 24.0 Å². The smallest absolute Gasteiger partial charge is 0.227 e. The molecule has 162 valence electrons. The Morgan fingerprint density at radius 1 is 1.20 bits per heavy atom. The quantitative estimate of drug-likeness (QED) is 0.732. The van der Waals surface area contributed by atoms with E-state index in [1.807, 2.05) is 0 Å². The van der Waals surface area contributed by atoms with Gasteiger partial charge in [0, 0.05) is 32.4 Å². The summed E-state index contributed by atoms with van der Waals surface area (Å²) in [5.41, 5.74) is 6.89. The van der Waals surface area contributed by atoms with E-state index in [2.05, 4.69) is 55.1 Å². The van der Waals surface area contributed by atoms with Gasteiger partial charge in [0.15, 0.2) is 0 Å². The zero-order valence-electron chi connectivity index (χ0n) is 17.9. The van der Waals surface area contributed by atoms with Crippen molar-refractivity contribution in [3.05, 3.63) is 24.2 Å². The minimum absolute atomic E-state index is 0.183. The minimum atomic E-state index is 0.183. The molecule has 9 heteroatoms. The number of nitrogen functional groups attached to an aromatic ring is 1. The summed E-state index contributed by atoms with van der Waals surface area (Å²) in [7, 11) is 4.11. The molecule has 3 heterocycles. The van der Waals surface area contributed by atoms with Crippen LogP contribution in [-0.2, 0) is 11.3 Å². The first-order valence-corrected chi connectivity index (χ1v) is 11.1. The highest BCUT2D eigenvalue weighted by Gasteiger charge is 2.45. The summed E-state index contributed by atoms with van der Waals surface area (Å²) in [6.45, 7) is 3.60. The molecule has 2 aliphatic carbocycles. The van der Waals surface area contributed by atoms with Gasteiger partial charge >= 0.3 is 0 Å². The molecule has 0 bridgehead atoms. The van der Waals surface area contributed by atoms with Crippen LogP contribution in [0.15, 0.2) is 18.5 Å². The van der Waals surface area contributed by atoms with E-state index in [0.29, 0.717) is 17.7 Å². The van der Waals surface area contributed by atoms with Crippen LogP contribution in [0.25, 0.3) is 0 Å². The predicted octanol–water partition coefficient (Wildman–Crippen LogP) is 1.59. The van der Waals surface area contributed by atoms with E-state index in [0.717, 1.165) is 56.6 Å². The molecule has 3 fully saturated rings. The van der Waals surface area contributed by atoms with Gasteiger partial charge in [-0.3, -0.25) is 0 Å². The molecule has 0 amide bonds. The maximum Gasteiger partial charge on any atom is 0.227 e. The van der Waals surface area contributed by atoms with Crippen molar-refractivity contribution in [3.63, 3.8) is 0 Å². The maximum absolute atomic E-state index is 6.46. The SMILES string of the molecule is CN(C)Cc1cn([C@@H]2C[C@@H]3CN(c4nccc(N)n4)C[C@@H]3C[C@H]2OCC2CC2)nn1. The average molecular weight is 413 g/mol. The molecule has 1 saturated heterocycles. The summed E-state index contributed by atoms with van der Waals surface area (Å²) >= 11 is 0. The van der Waals surface area contributed by atoms with E-state index in [9.17, 15) is 0 Å². The molecule has 9 nitrogen and oxygen atoms in total. The summed E-state index contributed by atoms with van der Waals surface area (Å²) in [4.78, 5) is 13.3. The molecule has 0 radical (unpaired) electrons. The Bertz CT molecular complexity index is 866. The normalized spacial score (nSPS) is 28.8. The van der Waals surface area contributed by atoms with Gasteiger partial charge in [-0.25, -0.2) is 9.67 Å². The average Bonchev–Trinajstić information content (AvgIpc) is 3.27. The highest BCUT2D eigenvalue weighted by atomic mass is 16.5. The number of anilines is 2. The molecule has 0 spiro atoms. The van der Waals surface area contributed by atoms with E-state index < -0.39 is 0 Å². The van der Waals surface area contributed by atoms with Gasteiger partial charge in [-0.05, 0) is 63.6 Å². The van der Waals surface area contributed by atoms with Crippen LogP contribution in [0.2, 0.25) is 0 Å². The second kappa shape index (κ2) is 8.11. The van der Waals surface area contributed by atoms with Crippen LogP contribution in [0.3, 0.4) is 0 Å². The molecule has 2 saturated carbocycles. The lowest BCUT2D eigenvalue weighted by Crippen LogP contribution is -2.38. The first kappa shape index (κ1) is 19.7. The Kier molecular flexibility index (Phi) is 5.32. The summed E-state index contributed by atoms with van der Waals surface area (Å²) in [6, 6.07) is 1.97. The van der Waals surface area contributed by atoms with Crippen LogP contribution < -0.4 is 10.6 Å². The highest BCUT2D eigenvalue weighted by Crippen LogP contribution is 2.43. The fourth-order valence-electron chi connectivity index (χ4n) is 4.94. The summed E-state index contributed by atoms with van der Waals surface area (Å²) in [6.07, 6.45) is 8.73. The first-order valence-electron chi connectivity index (χ1n) is 11.1. The molecule has 0 aromatic carbocycles. The van der Waals surface area contributed by atoms with Crippen molar-refractivity contribution in [3.8, 4) is 0 Å². The van der Waals surface area contributed by atoms with Gasteiger partial charge in [-0.15, -0.1) is 5.10 Å². The maximum atomic E-state index is 6.46. The van der Waals surface area contributed by atoms with Gasteiger partial charge in [-0.1, -0.05) is 5.21 Å². The van der Waals surface area contributed by atoms with Crippen LogP contribution in [0, 0.1) is 17.8 Å². The molecule has 2 aromatic heterocycles. The Morgan fingerprint density at radius 3 is 2.73 bits per heavy atom. The molecule has 5 rings (SSSR count). The largest absolute Gasteiger partial charge is 0.384 e. The van der Waals surface area contributed by atoms with Gasteiger partial charge in [0.1, 0.15) is 5.82 Å². The van der Waals surface area contributed by atoms with Crippen molar-refractivity contribution < 1.29 is 4.74 Å². The van der Waals surface area contributed by atoms with E-state index in [1.165, 1.54) is 12.8 Å². The third kappa shape index (κ3) is 4.27. The second-order valence-corrected chi connectivity index (χ2v) is 9.49. The Labute approximate surface area is 177 Å². The fourth-order valence-corrected chi connectivity index (χ4v) is 4.94. The number of rotatable bonds is 7. The molecule has 3 aliphatic rings. The van der Waals surface area contributed by atoms with Crippen LogP contribution in [0.1, 0.15) is 37.4 Å². The zero-order valence-corrected chi connectivity index (χ0v) is 17.9. The van der Waals surface area contributed by atoms with Gasteiger partial charge in [0.2, 0.25) is 5.95 Å². The fraction of sp³-hybridized carbons (Fsp3) is 0.714. The third-order valence-electron chi connectivity index (χ3n) is 6.65. The Hall–Kier alpha value is -2.26. The van der Waals surface area contributed by atoms with Crippen LogP contribution >= 0.6 is 0 Å². The molecule has 0 unspecified atom stereocenters. The summed E-state index contributed by atoms with van der Waals surface area (Å²) in [5, 5.41) is 8.90. The van der Waals surface area contributed by atoms with Crippen LogP contribution in [0.5, 0.6) is 0 Å². The number of hydrogen-bond donors (Lipinski definition) is 1. The number of hydrogen-bond acceptors (Lipinski definition) is 8. The minimum Gasteiger partial charge on any atom is -0.384 e. The van der Waals surface area contributed by atoms with Gasteiger partial charge in [0.25, 0.3) is 0 Å². The predicted molar refractivity (Wildman–Crippen MR) is 114 cm³/mol. The van der Waals surface area contributed by atoms with Gasteiger partial charge in [-0.2, -0.15) is 4.98 Å². The topological polar surface area (TPSA) is 98.2 Å². The summed E-state index contributed by atoms with van der Waals surface area (Å²) < 4.78 is 8.53. The highest BCUT2D eigenvalue weighted by molar-refractivity contribution is 5.39. The Morgan fingerprint density at radius 2 is 2.00 bits per heavy atom. The van der Waals surface area contributed by atoms with E-state index in [1.54, 1.807) is 12.3 Å². The van der Waals surface area contributed by atoms with E-state index >= 15 is 0 Å². The molecular weight excluding hydrogens is 380 g/mol. The molecule has 30 heavy (non-hydrogen) atoms. The zero-order chi connectivity index (χ0) is 20.7. The first-order chi connectivity index (χ1) is 14.5. The standard InChI is InChI=1S/C21H32N8O/c1-27(2)11-17-12-29(26-25-17)18-7-15-9-28(21-23-6-5-20(22)24-21)10-16(15)8-19(18)30-13-14-3-4-14/h5-6,12,14-16,18-19H,3-4,7-11,13H2,1-2H3,(H2,22,23,24)/t15-,16+,18-,19-/m1/s1. The van der Waals surface area contributed by atoms with E-state index in [-0.39, 0.29) is 12.1 Å². The van der Waals surface area contributed by atoms with Crippen molar-refractivity contribution in [2.24, 2.45) is 17.8 Å². The monoisotopic (exact) mass is 412 g/mol. The van der Waals surface area contributed by atoms with Crippen LogP contribution in [0.4, 0.5) is 11.8 Å². The number of nitrogens with zero attached hydrogens (tertiary/aromatic N) is 7. The number of ether oxygens (including phenoxy) is 1. The van der Waals surface area contributed by atoms with Crippen LogP contribution in [-0.4, -0.2) is 69.8 Å². The molecule has 1 aliphatic heterocycles. The van der Waals surface area contributed by atoms with Crippen molar-refractivity contribution in [2.75, 3.05) is 44.4 Å². The van der Waals surface area contributed by atoms with E-state index in [4.69, 9.17) is 10.5 Å². The summed E-state index contributed by atoms with van der Waals surface area (Å²) in [5.74, 6) is 3.17. The number of nitrogens with two attached hydrogens (primary N) is 1. The lowest BCUT2D eigenvalue weighted by atomic mass is 9.77. The number of fused-ring (bicyclic) bond motifs is 1. The lowest BCUT2D eigenvalue weighted by molar-refractivity contribution is -0.0375. The second-order valence-electron chi connectivity index (χ2n) is 9.49. The molecule has 2 aromatic rings. The third-order valence-corrected chi connectivity index (χ3v) is 6.65. The Balaban J connectivity index is 1.33.